The number of aliphatic hydroxyl groups excluding tert-OH is 1. The molecule has 1 aromatic rings. The molecule has 6 nitrogen and oxygen atoms in total. The van der Waals surface area contributed by atoms with Gasteiger partial charge in [-0.2, -0.15) is 0 Å². The lowest BCUT2D eigenvalue weighted by atomic mass is 9.75. The van der Waals surface area contributed by atoms with Gasteiger partial charge in [0.15, 0.2) is 0 Å². The topological polar surface area (TPSA) is 102 Å². The van der Waals surface area contributed by atoms with E-state index in [2.05, 4.69) is 10.6 Å². The van der Waals surface area contributed by atoms with Crippen LogP contribution in [0.2, 0.25) is 5.02 Å². The number of nitrogens with one attached hydrogen (secondary N) is 2. The first-order chi connectivity index (χ1) is 11.1. The number of hydrogen-bond acceptors (Lipinski definition) is 5. The first kappa shape index (κ1) is 20.8. The molecule has 1 rings (SSSR count). The smallest absolute Gasteiger partial charge is 0.426 e. The summed E-state index contributed by atoms with van der Waals surface area (Å²) in [5, 5.41) is 32.6. The highest BCUT2D eigenvalue weighted by molar-refractivity contribution is 6.43. The lowest BCUT2D eigenvalue weighted by molar-refractivity contribution is 0.0865. The minimum atomic E-state index is -1.69. The molecule has 0 saturated heterocycles. The van der Waals surface area contributed by atoms with Gasteiger partial charge >= 0.3 is 7.12 Å². The zero-order chi connectivity index (χ0) is 18.4. The number of benzene rings is 1. The lowest BCUT2D eigenvalue weighted by Gasteiger charge is -2.23. The van der Waals surface area contributed by atoms with Crippen LogP contribution < -0.4 is 10.6 Å². The maximum absolute atomic E-state index is 13.6. The normalized spacial score (nSPS) is 13.7. The minimum Gasteiger partial charge on any atom is -0.426 e. The van der Waals surface area contributed by atoms with Crippen molar-refractivity contribution in [2.24, 2.45) is 5.92 Å². The van der Waals surface area contributed by atoms with E-state index in [0.717, 1.165) is 0 Å². The van der Waals surface area contributed by atoms with Crippen LogP contribution in [-0.2, 0) is 0 Å². The number of carbonyl (C=O) groups excluding carboxylic acids is 1. The maximum atomic E-state index is 13.6. The minimum absolute atomic E-state index is 0.136. The van der Waals surface area contributed by atoms with E-state index in [9.17, 15) is 28.7 Å². The van der Waals surface area contributed by atoms with Crippen LogP contribution >= 0.6 is 11.6 Å². The predicted octanol–water partition coefficient (Wildman–Crippen LogP) is 0.683. The van der Waals surface area contributed by atoms with Crippen LogP contribution in [0.4, 0.5) is 8.78 Å². The van der Waals surface area contributed by atoms with E-state index >= 15 is 0 Å². The molecule has 1 unspecified atom stereocenters. The number of hydrogen-bond donors (Lipinski definition) is 5. The molecular weight excluding hydrogens is 344 g/mol. The van der Waals surface area contributed by atoms with Gasteiger partial charge in [0.25, 0.3) is 5.91 Å². The molecule has 0 fully saturated rings. The number of carbonyl (C=O) groups is 1. The van der Waals surface area contributed by atoms with Crippen LogP contribution in [0.1, 0.15) is 30.6 Å². The second kappa shape index (κ2) is 9.29. The van der Waals surface area contributed by atoms with Crippen LogP contribution in [0.5, 0.6) is 0 Å². The maximum Gasteiger partial charge on any atom is 0.469 e. The van der Waals surface area contributed by atoms with E-state index in [0.29, 0.717) is 18.6 Å². The van der Waals surface area contributed by atoms with Crippen molar-refractivity contribution in [3.8, 4) is 0 Å². The van der Waals surface area contributed by atoms with Crippen molar-refractivity contribution >= 4 is 24.6 Å². The van der Waals surface area contributed by atoms with Crippen molar-refractivity contribution in [2.75, 3.05) is 6.54 Å². The van der Waals surface area contributed by atoms with E-state index in [1.54, 1.807) is 0 Å². The average Bonchev–Trinajstić information content (AvgIpc) is 2.47. The monoisotopic (exact) mass is 364 g/mol. The van der Waals surface area contributed by atoms with Crippen LogP contribution in [0.3, 0.4) is 0 Å². The van der Waals surface area contributed by atoms with E-state index in [1.807, 2.05) is 13.8 Å². The highest BCUT2D eigenvalue weighted by atomic mass is 35.5. The summed E-state index contributed by atoms with van der Waals surface area (Å²) < 4.78 is 26.9. The number of rotatable bonds is 8. The molecule has 24 heavy (non-hydrogen) atoms. The highest BCUT2D eigenvalue weighted by Gasteiger charge is 2.26. The quantitative estimate of drug-likeness (QED) is 0.265. The van der Waals surface area contributed by atoms with Gasteiger partial charge < -0.3 is 20.5 Å². The van der Waals surface area contributed by atoms with Gasteiger partial charge in [-0.1, -0.05) is 25.4 Å². The SMILES string of the molecule is CC(C)C[C@H](NC(O)CNC(=O)c1cc(F)c(Cl)cc1F)B(O)O. The van der Waals surface area contributed by atoms with Crippen LogP contribution in [0.15, 0.2) is 12.1 Å². The zero-order valence-electron chi connectivity index (χ0n) is 13.3. The Balaban J connectivity index is 2.61. The Labute approximate surface area is 144 Å². The Morgan fingerprint density at radius 2 is 1.92 bits per heavy atom. The Morgan fingerprint density at radius 1 is 1.29 bits per heavy atom. The van der Waals surface area contributed by atoms with Gasteiger partial charge in [-0.15, -0.1) is 0 Å². The number of halogens is 3. The molecule has 0 spiro atoms. The summed E-state index contributed by atoms with van der Waals surface area (Å²) in [5.74, 6) is -3.54. The summed E-state index contributed by atoms with van der Waals surface area (Å²) in [6.07, 6.45) is -0.931. The van der Waals surface area contributed by atoms with Crippen molar-refractivity contribution in [3.63, 3.8) is 0 Å². The van der Waals surface area contributed by atoms with E-state index in [4.69, 9.17) is 11.6 Å². The van der Waals surface area contributed by atoms with Crippen molar-refractivity contribution in [3.05, 3.63) is 34.4 Å². The molecule has 0 heterocycles. The molecule has 134 valence electrons. The number of aliphatic hydroxyl groups is 1. The summed E-state index contributed by atoms with van der Waals surface area (Å²) in [5.41, 5.74) is -0.551. The van der Waals surface area contributed by atoms with E-state index in [-0.39, 0.29) is 12.5 Å². The van der Waals surface area contributed by atoms with Crippen molar-refractivity contribution in [1.82, 2.24) is 10.6 Å². The summed E-state index contributed by atoms with van der Waals surface area (Å²) >= 11 is 5.40. The summed E-state index contributed by atoms with van der Waals surface area (Å²) in [4.78, 5) is 11.8. The lowest BCUT2D eigenvalue weighted by Crippen LogP contribution is -2.52. The van der Waals surface area contributed by atoms with Crippen molar-refractivity contribution < 1.29 is 28.7 Å². The largest absolute Gasteiger partial charge is 0.469 e. The molecule has 0 aliphatic carbocycles. The van der Waals surface area contributed by atoms with Gasteiger partial charge in [0, 0.05) is 5.94 Å². The molecule has 0 bridgehead atoms. The fourth-order valence-corrected chi connectivity index (χ4v) is 2.22. The Bertz CT molecular complexity index is 578. The van der Waals surface area contributed by atoms with Crippen LogP contribution in [-0.4, -0.2) is 46.9 Å². The molecule has 5 N–H and O–H groups in total. The standard InChI is InChI=1S/C14H20BClF2N2O4/c1-7(2)3-12(15(23)24)20-13(21)6-19-14(22)8-4-11(18)9(16)5-10(8)17/h4-5,7,12-13,20-21,23-24H,3,6H2,1-2H3,(H,19,22)/t12-,13?/m0/s1. The molecule has 0 radical (unpaired) electrons. The molecule has 10 heteroatoms. The van der Waals surface area contributed by atoms with Crippen molar-refractivity contribution in [2.45, 2.75) is 32.4 Å². The Hall–Kier alpha value is -1.26. The third kappa shape index (κ3) is 6.33. The first-order valence-corrected chi connectivity index (χ1v) is 7.72. The predicted molar refractivity (Wildman–Crippen MR) is 86.3 cm³/mol. The summed E-state index contributed by atoms with van der Waals surface area (Å²) in [6, 6.07) is 1.34. The van der Waals surface area contributed by atoms with Gasteiger partial charge in [0.2, 0.25) is 0 Å². The molecule has 1 amide bonds. The van der Waals surface area contributed by atoms with Crippen LogP contribution in [0, 0.1) is 17.6 Å². The summed E-state index contributed by atoms with van der Waals surface area (Å²) in [6.45, 7) is 3.38. The average molecular weight is 365 g/mol. The molecule has 2 atom stereocenters. The molecule has 0 aliphatic heterocycles. The van der Waals surface area contributed by atoms with Gasteiger partial charge in [-0.05, 0) is 24.5 Å². The molecule has 0 saturated carbocycles. The highest BCUT2D eigenvalue weighted by Crippen LogP contribution is 2.19. The number of amides is 1. The fourth-order valence-electron chi connectivity index (χ4n) is 2.07. The third-order valence-corrected chi connectivity index (χ3v) is 3.49. The second-order valence-electron chi connectivity index (χ2n) is 5.79. The molecule has 0 aromatic heterocycles. The van der Waals surface area contributed by atoms with Crippen molar-refractivity contribution in [1.29, 1.82) is 0 Å². The van der Waals surface area contributed by atoms with E-state index < -0.39 is 47.4 Å². The summed E-state index contributed by atoms with van der Waals surface area (Å²) in [7, 11) is -1.69. The van der Waals surface area contributed by atoms with E-state index in [1.165, 1.54) is 0 Å². The fraction of sp³-hybridized carbons (Fsp3) is 0.500. The third-order valence-electron chi connectivity index (χ3n) is 3.20. The van der Waals surface area contributed by atoms with Gasteiger partial charge in [-0.3, -0.25) is 10.1 Å². The van der Waals surface area contributed by atoms with Gasteiger partial charge in [-0.25, -0.2) is 8.78 Å². The molecule has 0 aliphatic rings. The zero-order valence-corrected chi connectivity index (χ0v) is 14.0. The second-order valence-corrected chi connectivity index (χ2v) is 6.20. The Morgan fingerprint density at radius 3 is 2.46 bits per heavy atom. The molecule has 1 aromatic carbocycles. The van der Waals surface area contributed by atoms with Crippen LogP contribution in [0.25, 0.3) is 0 Å². The van der Waals surface area contributed by atoms with Gasteiger partial charge in [0.05, 0.1) is 17.1 Å². The van der Waals surface area contributed by atoms with Gasteiger partial charge in [0.1, 0.15) is 17.9 Å². The first-order valence-electron chi connectivity index (χ1n) is 7.34. The Kier molecular flexibility index (Phi) is 8.04. The molecular formula is C14H20BClF2N2O4.